The monoisotopic (exact) mass is 388 g/mol. The number of aryl methyl sites for hydroxylation is 1. The molecule has 27 heavy (non-hydrogen) atoms. The van der Waals surface area contributed by atoms with E-state index in [9.17, 15) is 8.42 Å². The molecule has 5 nitrogen and oxygen atoms in total. The summed E-state index contributed by atoms with van der Waals surface area (Å²) in [7, 11) is -3.54. The molecule has 0 bridgehead atoms. The van der Waals surface area contributed by atoms with Crippen molar-refractivity contribution < 1.29 is 12.9 Å². The highest BCUT2D eigenvalue weighted by Gasteiger charge is 2.38. The molecule has 1 unspecified atom stereocenters. The van der Waals surface area contributed by atoms with Crippen molar-refractivity contribution in [2.75, 3.05) is 6.54 Å². The van der Waals surface area contributed by atoms with Gasteiger partial charge in [0.1, 0.15) is 0 Å². The zero-order chi connectivity index (χ0) is 18.9. The van der Waals surface area contributed by atoms with Crippen LogP contribution in [0.2, 0.25) is 0 Å². The quantitative estimate of drug-likeness (QED) is 0.737. The second kappa shape index (κ2) is 7.76. The maximum Gasteiger partial charge on any atom is 0.243 e. The van der Waals surface area contributed by atoms with E-state index in [1.807, 2.05) is 25.1 Å². The molecule has 146 valence electrons. The Morgan fingerprint density at radius 2 is 1.81 bits per heavy atom. The third-order valence-electron chi connectivity index (χ3n) is 6.03. The summed E-state index contributed by atoms with van der Waals surface area (Å²) in [6.07, 6.45) is 8.70. The Labute approximate surface area is 161 Å². The Bertz CT molecular complexity index is 867. The van der Waals surface area contributed by atoms with Crippen molar-refractivity contribution in [3.63, 3.8) is 0 Å². The Hall–Kier alpha value is -1.66. The van der Waals surface area contributed by atoms with Crippen LogP contribution in [0.5, 0.6) is 0 Å². The van der Waals surface area contributed by atoms with Crippen LogP contribution in [0.1, 0.15) is 80.8 Å². The molecule has 0 spiro atoms. The smallest absolute Gasteiger partial charge is 0.243 e. The summed E-state index contributed by atoms with van der Waals surface area (Å²) in [5.74, 6) is 1.24. The Morgan fingerprint density at radius 3 is 2.48 bits per heavy atom. The van der Waals surface area contributed by atoms with E-state index in [4.69, 9.17) is 4.52 Å². The zero-order valence-corrected chi connectivity index (χ0v) is 16.7. The minimum Gasteiger partial charge on any atom is -0.359 e. The van der Waals surface area contributed by atoms with E-state index in [-0.39, 0.29) is 6.04 Å². The van der Waals surface area contributed by atoms with E-state index >= 15 is 0 Å². The van der Waals surface area contributed by atoms with Crippen molar-refractivity contribution in [3.05, 3.63) is 47.3 Å². The van der Waals surface area contributed by atoms with Gasteiger partial charge in [0.2, 0.25) is 10.0 Å². The molecule has 1 saturated carbocycles. The summed E-state index contributed by atoms with van der Waals surface area (Å²) >= 11 is 0. The van der Waals surface area contributed by atoms with E-state index in [0.29, 0.717) is 23.1 Å². The van der Waals surface area contributed by atoms with Crippen LogP contribution in [0, 0.1) is 0 Å². The molecular formula is C21H28N2O3S. The molecule has 1 saturated heterocycles. The van der Waals surface area contributed by atoms with Gasteiger partial charge in [-0.2, -0.15) is 4.31 Å². The number of sulfonamides is 1. The first-order valence-electron chi connectivity index (χ1n) is 10.2. The molecule has 1 aromatic heterocycles. The Balaban J connectivity index is 1.56. The van der Waals surface area contributed by atoms with E-state index in [0.717, 1.165) is 25.0 Å². The standard InChI is InChI=1S/C21H28N2O3S/c1-2-18-15-21(26-22-18)20-9-6-14-23(20)27(24,25)19-12-10-17(11-13-19)16-7-4-3-5-8-16/h10-13,15-16,20H,2-9,14H2,1H3. The normalized spacial score (nSPS) is 22.3. The molecule has 0 N–H and O–H groups in total. The summed E-state index contributed by atoms with van der Waals surface area (Å²) in [6.45, 7) is 2.54. The lowest BCUT2D eigenvalue weighted by atomic mass is 9.84. The van der Waals surface area contributed by atoms with Crippen LogP contribution in [0.25, 0.3) is 0 Å². The van der Waals surface area contributed by atoms with Crippen LogP contribution in [0.3, 0.4) is 0 Å². The van der Waals surface area contributed by atoms with Crippen LogP contribution in [0.4, 0.5) is 0 Å². The molecule has 2 aliphatic rings. The van der Waals surface area contributed by atoms with Crippen molar-refractivity contribution in [2.45, 2.75) is 75.1 Å². The molecule has 2 aromatic rings. The van der Waals surface area contributed by atoms with Gasteiger partial charge >= 0.3 is 0 Å². The van der Waals surface area contributed by atoms with Gasteiger partial charge in [-0.3, -0.25) is 0 Å². The number of aromatic nitrogens is 1. The van der Waals surface area contributed by atoms with Gasteiger partial charge in [-0.25, -0.2) is 8.42 Å². The third-order valence-corrected chi connectivity index (χ3v) is 7.96. The lowest BCUT2D eigenvalue weighted by Crippen LogP contribution is -2.30. The van der Waals surface area contributed by atoms with Gasteiger partial charge in [-0.15, -0.1) is 0 Å². The zero-order valence-electron chi connectivity index (χ0n) is 15.9. The molecule has 1 aliphatic heterocycles. The predicted octanol–water partition coefficient (Wildman–Crippen LogP) is 4.81. The number of hydrogen-bond donors (Lipinski definition) is 0. The van der Waals surface area contributed by atoms with Crippen LogP contribution in [0.15, 0.2) is 39.8 Å². The van der Waals surface area contributed by atoms with Gasteiger partial charge < -0.3 is 4.52 Å². The second-order valence-corrected chi connectivity index (χ2v) is 9.64. The van der Waals surface area contributed by atoms with Gasteiger partial charge in [0.05, 0.1) is 16.6 Å². The largest absolute Gasteiger partial charge is 0.359 e. The highest BCUT2D eigenvalue weighted by Crippen LogP contribution is 2.38. The molecule has 4 rings (SSSR count). The highest BCUT2D eigenvalue weighted by molar-refractivity contribution is 7.89. The fourth-order valence-corrected chi connectivity index (χ4v) is 6.11. The fraction of sp³-hybridized carbons (Fsp3) is 0.571. The summed E-state index contributed by atoms with van der Waals surface area (Å²) in [6, 6.07) is 9.24. The maximum atomic E-state index is 13.2. The molecule has 0 amide bonds. The Morgan fingerprint density at radius 1 is 1.07 bits per heavy atom. The van der Waals surface area contributed by atoms with E-state index < -0.39 is 10.0 Å². The van der Waals surface area contributed by atoms with Crippen molar-refractivity contribution in [1.82, 2.24) is 9.46 Å². The van der Waals surface area contributed by atoms with E-state index in [1.165, 1.54) is 37.7 Å². The predicted molar refractivity (Wildman–Crippen MR) is 104 cm³/mol. The molecule has 1 aliphatic carbocycles. The first-order chi connectivity index (χ1) is 13.1. The molecule has 1 aromatic carbocycles. The molecule has 6 heteroatoms. The van der Waals surface area contributed by atoms with Crippen LogP contribution < -0.4 is 0 Å². The second-order valence-electron chi connectivity index (χ2n) is 7.75. The first kappa shape index (κ1) is 18.7. The molecule has 2 fully saturated rings. The summed E-state index contributed by atoms with van der Waals surface area (Å²) in [4.78, 5) is 0.379. The Kier molecular flexibility index (Phi) is 5.37. The topological polar surface area (TPSA) is 63.4 Å². The highest BCUT2D eigenvalue weighted by atomic mass is 32.2. The molecule has 0 radical (unpaired) electrons. The van der Waals surface area contributed by atoms with Crippen LogP contribution >= 0.6 is 0 Å². The van der Waals surface area contributed by atoms with Gasteiger partial charge in [-0.1, -0.05) is 43.5 Å². The third kappa shape index (κ3) is 3.69. The summed E-state index contributed by atoms with van der Waals surface area (Å²) in [5.41, 5.74) is 2.14. The number of rotatable bonds is 5. The number of benzene rings is 1. The summed E-state index contributed by atoms with van der Waals surface area (Å²) in [5, 5.41) is 4.04. The number of hydrogen-bond acceptors (Lipinski definition) is 4. The number of nitrogens with zero attached hydrogens (tertiary/aromatic N) is 2. The lowest BCUT2D eigenvalue weighted by Gasteiger charge is -2.24. The van der Waals surface area contributed by atoms with Crippen LogP contribution in [-0.2, 0) is 16.4 Å². The van der Waals surface area contributed by atoms with E-state index in [1.54, 1.807) is 16.4 Å². The summed E-state index contributed by atoms with van der Waals surface area (Å²) < 4.78 is 33.5. The first-order valence-corrected chi connectivity index (χ1v) is 11.6. The van der Waals surface area contributed by atoms with Gasteiger partial charge in [0, 0.05) is 12.6 Å². The molecule has 1 atom stereocenters. The average molecular weight is 389 g/mol. The fourth-order valence-electron chi connectivity index (χ4n) is 4.45. The van der Waals surface area contributed by atoms with Crippen molar-refractivity contribution in [2.24, 2.45) is 0 Å². The van der Waals surface area contributed by atoms with Crippen molar-refractivity contribution >= 4 is 10.0 Å². The van der Waals surface area contributed by atoms with E-state index in [2.05, 4.69) is 5.16 Å². The van der Waals surface area contributed by atoms with Crippen molar-refractivity contribution in [3.8, 4) is 0 Å². The van der Waals surface area contributed by atoms with Gasteiger partial charge in [0.15, 0.2) is 5.76 Å². The van der Waals surface area contributed by atoms with Gasteiger partial charge in [0.25, 0.3) is 0 Å². The average Bonchev–Trinajstić information content (AvgIpc) is 3.38. The molecular weight excluding hydrogens is 360 g/mol. The minimum absolute atomic E-state index is 0.249. The van der Waals surface area contributed by atoms with Crippen LogP contribution in [-0.4, -0.2) is 24.4 Å². The van der Waals surface area contributed by atoms with Crippen molar-refractivity contribution in [1.29, 1.82) is 0 Å². The van der Waals surface area contributed by atoms with Gasteiger partial charge in [-0.05, 0) is 55.7 Å². The SMILES string of the molecule is CCc1cc(C2CCCN2S(=O)(=O)c2ccc(C3CCCCC3)cc2)on1. The maximum absolute atomic E-state index is 13.2. The molecule has 2 heterocycles. The minimum atomic E-state index is -3.54. The lowest BCUT2D eigenvalue weighted by molar-refractivity contribution is 0.296.